The third-order valence-electron chi connectivity index (χ3n) is 4.42. The molecule has 0 bridgehead atoms. The number of rotatable bonds is 4. The van der Waals surface area contributed by atoms with Crippen LogP contribution in [0.25, 0.3) is 33.6 Å². The Morgan fingerprint density at radius 3 is 2.36 bits per heavy atom. The van der Waals surface area contributed by atoms with E-state index < -0.39 is 5.76 Å². The average molecular weight is 370 g/mol. The number of hydrogen-bond acceptors (Lipinski definition) is 6. The molecule has 28 heavy (non-hydrogen) atoms. The Hall–Kier alpha value is -4.07. The smallest absolute Gasteiger partial charge is 0.408 e. The van der Waals surface area contributed by atoms with Gasteiger partial charge in [-0.1, -0.05) is 30.3 Å². The molecule has 0 N–H and O–H groups in total. The first-order valence-corrected chi connectivity index (χ1v) is 8.63. The normalized spacial score (nSPS) is 11.1. The van der Waals surface area contributed by atoms with Crippen LogP contribution in [0.15, 0.2) is 82.5 Å². The quantitative estimate of drug-likeness (QED) is 0.483. The SMILES string of the molecule is O=c1oc2ccc(-c3ncc(-c4ccccc4)cn3)cc2n1Cn1nccn1. The van der Waals surface area contributed by atoms with Crippen LogP contribution < -0.4 is 5.76 Å². The zero-order valence-corrected chi connectivity index (χ0v) is 14.6. The third kappa shape index (κ3) is 2.86. The number of aromatic nitrogens is 6. The van der Waals surface area contributed by atoms with Crippen LogP contribution in [0.4, 0.5) is 0 Å². The highest BCUT2D eigenvalue weighted by Crippen LogP contribution is 2.23. The molecule has 0 spiro atoms. The molecular formula is C20H14N6O2. The monoisotopic (exact) mass is 370 g/mol. The predicted octanol–water partition coefficient (Wildman–Crippen LogP) is 2.82. The number of hydrogen-bond donors (Lipinski definition) is 0. The standard InChI is InChI=1S/C20H14N6O2/c27-20-25(13-26-23-8-9-24-26)17-10-15(6-7-18(17)28-20)19-21-11-16(12-22-19)14-4-2-1-3-5-14/h1-12H,13H2. The minimum absolute atomic E-state index is 0.163. The van der Waals surface area contributed by atoms with Gasteiger partial charge in [0.2, 0.25) is 0 Å². The van der Waals surface area contributed by atoms with Gasteiger partial charge in [0.25, 0.3) is 0 Å². The fourth-order valence-electron chi connectivity index (χ4n) is 3.03. The molecule has 5 rings (SSSR count). The van der Waals surface area contributed by atoms with Crippen molar-refractivity contribution in [3.63, 3.8) is 0 Å². The molecule has 0 amide bonds. The molecule has 0 saturated carbocycles. The number of nitrogens with zero attached hydrogens (tertiary/aromatic N) is 6. The van der Waals surface area contributed by atoms with Gasteiger partial charge in [-0.2, -0.15) is 15.0 Å². The van der Waals surface area contributed by atoms with Crippen molar-refractivity contribution >= 4 is 11.1 Å². The van der Waals surface area contributed by atoms with E-state index in [1.807, 2.05) is 42.5 Å². The van der Waals surface area contributed by atoms with Gasteiger partial charge in [-0.3, -0.25) is 4.57 Å². The van der Waals surface area contributed by atoms with Gasteiger partial charge in [0, 0.05) is 23.5 Å². The topological polar surface area (TPSA) is 91.6 Å². The van der Waals surface area contributed by atoms with Crippen LogP contribution >= 0.6 is 0 Å². The number of fused-ring (bicyclic) bond motifs is 1. The Morgan fingerprint density at radius 2 is 1.61 bits per heavy atom. The van der Waals surface area contributed by atoms with Crippen molar-refractivity contribution in [2.45, 2.75) is 6.67 Å². The molecule has 5 aromatic rings. The number of oxazole rings is 1. The van der Waals surface area contributed by atoms with E-state index in [2.05, 4.69) is 20.2 Å². The van der Waals surface area contributed by atoms with Crippen molar-refractivity contribution in [3.05, 3.63) is 83.9 Å². The highest BCUT2D eigenvalue weighted by atomic mass is 16.4. The van der Waals surface area contributed by atoms with E-state index in [-0.39, 0.29) is 6.67 Å². The van der Waals surface area contributed by atoms with Crippen molar-refractivity contribution in [2.24, 2.45) is 0 Å². The van der Waals surface area contributed by atoms with Crippen LogP contribution in [0.3, 0.4) is 0 Å². The summed E-state index contributed by atoms with van der Waals surface area (Å²) in [6.45, 7) is 0.163. The lowest BCUT2D eigenvalue weighted by Gasteiger charge is -2.05. The van der Waals surface area contributed by atoms with Gasteiger partial charge >= 0.3 is 5.76 Å². The zero-order chi connectivity index (χ0) is 18.9. The summed E-state index contributed by atoms with van der Waals surface area (Å²) in [5.41, 5.74) is 3.91. The van der Waals surface area contributed by atoms with Gasteiger partial charge in [-0.15, -0.1) is 0 Å². The summed E-state index contributed by atoms with van der Waals surface area (Å²) in [5.74, 6) is 0.101. The summed E-state index contributed by atoms with van der Waals surface area (Å²) in [6, 6.07) is 15.4. The summed E-state index contributed by atoms with van der Waals surface area (Å²) < 4.78 is 6.78. The van der Waals surface area contributed by atoms with E-state index in [0.717, 1.165) is 16.7 Å². The Balaban J connectivity index is 1.53. The molecule has 0 aliphatic heterocycles. The van der Waals surface area contributed by atoms with Crippen molar-refractivity contribution in [3.8, 4) is 22.5 Å². The first kappa shape index (κ1) is 16.1. The first-order valence-electron chi connectivity index (χ1n) is 8.63. The van der Waals surface area contributed by atoms with Crippen LogP contribution in [0, 0.1) is 0 Å². The van der Waals surface area contributed by atoms with Gasteiger partial charge in [0.05, 0.1) is 17.9 Å². The molecule has 0 aliphatic carbocycles. The van der Waals surface area contributed by atoms with E-state index in [9.17, 15) is 4.79 Å². The highest BCUT2D eigenvalue weighted by Gasteiger charge is 2.13. The Labute approximate surface area is 158 Å². The van der Waals surface area contributed by atoms with E-state index in [0.29, 0.717) is 16.9 Å². The van der Waals surface area contributed by atoms with E-state index >= 15 is 0 Å². The van der Waals surface area contributed by atoms with Crippen LogP contribution in [0.1, 0.15) is 0 Å². The second kappa shape index (κ2) is 6.58. The fraction of sp³-hybridized carbons (Fsp3) is 0.0500. The Kier molecular flexibility index (Phi) is 3.79. The summed E-state index contributed by atoms with van der Waals surface area (Å²) in [7, 11) is 0. The van der Waals surface area contributed by atoms with Gasteiger partial charge in [0.1, 0.15) is 6.67 Å². The molecule has 8 nitrogen and oxygen atoms in total. The summed E-state index contributed by atoms with van der Waals surface area (Å²) in [4.78, 5) is 22.6. The molecule has 8 heteroatoms. The summed E-state index contributed by atoms with van der Waals surface area (Å²) in [6.07, 6.45) is 6.69. The zero-order valence-electron chi connectivity index (χ0n) is 14.6. The van der Waals surface area contributed by atoms with Gasteiger partial charge in [0.15, 0.2) is 11.4 Å². The lowest BCUT2D eigenvalue weighted by molar-refractivity contribution is 0.440. The summed E-state index contributed by atoms with van der Waals surface area (Å²) >= 11 is 0. The molecule has 0 saturated heterocycles. The first-order chi connectivity index (χ1) is 13.8. The lowest BCUT2D eigenvalue weighted by Crippen LogP contribution is -2.20. The molecule has 0 atom stereocenters. The van der Waals surface area contributed by atoms with E-state index in [1.54, 1.807) is 30.9 Å². The lowest BCUT2D eigenvalue weighted by atomic mass is 10.1. The van der Waals surface area contributed by atoms with Crippen LogP contribution in [-0.2, 0) is 6.67 Å². The maximum atomic E-state index is 12.2. The summed E-state index contributed by atoms with van der Waals surface area (Å²) in [5, 5.41) is 8.08. The molecule has 2 aromatic carbocycles. The molecule has 3 heterocycles. The molecule has 0 fully saturated rings. The van der Waals surface area contributed by atoms with Crippen molar-refractivity contribution < 1.29 is 4.42 Å². The van der Waals surface area contributed by atoms with Gasteiger partial charge < -0.3 is 4.42 Å². The molecule has 0 unspecified atom stereocenters. The van der Waals surface area contributed by atoms with Gasteiger partial charge in [-0.25, -0.2) is 14.8 Å². The average Bonchev–Trinajstić information content (AvgIpc) is 3.37. The van der Waals surface area contributed by atoms with Crippen LogP contribution in [0.2, 0.25) is 0 Å². The minimum atomic E-state index is -0.468. The number of benzene rings is 2. The highest BCUT2D eigenvalue weighted by molar-refractivity contribution is 5.79. The second-order valence-corrected chi connectivity index (χ2v) is 6.18. The van der Waals surface area contributed by atoms with E-state index in [1.165, 1.54) is 9.36 Å². The van der Waals surface area contributed by atoms with Crippen LogP contribution in [-0.4, -0.2) is 29.5 Å². The molecular weight excluding hydrogens is 356 g/mol. The second-order valence-electron chi connectivity index (χ2n) is 6.18. The van der Waals surface area contributed by atoms with Crippen LogP contribution in [0.5, 0.6) is 0 Å². The molecule has 136 valence electrons. The van der Waals surface area contributed by atoms with Crippen molar-refractivity contribution in [2.75, 3.05) is 0 Å². The molecule has 0 aliphatic rings. The molecule has 3 aromatic heterocycles. The van der Waals surface area contributed by atoms with E-state index in [4.69, 9.17) is 4.42 Å². The maximum absolute atomic E-state index is 12.2. The largest absolute Gasteiger partial charge is 0.421 e. The Morgan fingerprint density at radius 1 is 0.857 bits per heavy atom. The minimum Gasteiger partial charge on any atom is -0.408 e. The molecule has 0 radical (unpaired) electrons. The van der Waals surface area contributed by atoms with Crippen molar-refractivity contribution in [1.82, 2.24) is 29.5 Å². The fourth-order valence-corrected chi connectivity index (χ4v) is 3.03. The maximum Gasteiger partial charge on any atom is 0.421 e. The Bertz CT molecular complexity index is 1290. The third-order valence-corrected chi connectivity index (χ3v) is 4.42. The predicted molar refractivity (Wildman–Crippen MR) is 102 cm³/mol. The van der Waals surface area contributed by atoms with Gasteiger partial charge in [-0.05, 0) is 23.8 Å². The van der Waals surface area contributed by atoms with Crippen molar-refractivity contribution in [1.29, 1.82) is 0 Å².